The van der Waals surface area contributed by atoms with Crippen LogP contribution in [0.3, 0.4) is 0 Å². The Labute approximate surface area is 174 Å². The van der Waals surface area contributed by atoms with E-state index < -0.39 is 10.0 Å². The first-order chi connectivity index (χ1) is 13.8. The fourth-order valence-corrected chi connectivity index (χ4v) is 5.47. The van der Waals surface area contributed by atoms with E-state index in [1.54, 1.807) is 0 Å². The van der Waals surface area contributed by atoms with Crippen molar-refractivity contribution in [1.29, 1.82) is 0 Å². The summed E-state index contributed by atoms with van der Waals surface area (Å²) >= 11 is 0. The number of rotatable bonds is 6. The molecule has 1 fully saturated rings. The smallest absolute Gasteiger partial charge is 0.223 e. The molecule has 1 aliphatic rings. The van der Waals surface area contributed by atoms with Gasteiger partial charge >= 0.3 is 0 Å². The molecule has 0 unspecified atom stereocenters. The zero-order chi connectivity index (χ0) is 21.0. The predicted octanol–water partition coefficient (Wildman–Crippen LogP) is 3.72. The Bertz CT molecular complexity index is 949. The molecule has 0 spiro atoms. The average molecular weight is 415 g/mol. The quantitative estimate of drug-likeness (QED) is 0.783. The summed E-state index contributed by atoms with van der Waals surface area (Å²) in [5.41, 5.74) is 4.24. The maximum Gasteiger partial charge on any atom is 0.223 e. The fraction of sp³-hybridized carbons (Fsp3) is 0.435. The molecule has 0 aromatic heterocycles. The number of amides is 1. The molecule has 1 heterocycles. The lowest BCUT2D eigenvalue weighted by atomic mass is 9.95. The summed E-state index contributed by atoms with van der Waals surface area (Å²) in [6, 6.07) is 15.4. The summed E-state index contributed by atoms with van der Waals surface area (Å²) < 4.78 is 26.9. The van der Waals surface area contributed by atoms with E-state index in [0.29, 0.717) is 25.9 Å². The van der Waals surface area contributed by atoms with E-state index in [-0.39, 0.29) is 23.6 Å². The van der Waals surface area contributed by atoms with Crippen LogP contribution >= 0.6 is 0 Å². The molecule has 1 N–H and O–H groups in total. The van der Waals surface area contributed by atoms with Crippen LogP contribution in [0.5, 0.6) is 0 Å². The largest absolute Gasteiger partial charge is 0.349 e. The number of aryl methyl sites for hydroxylation is 2. The maximum atomic E-state index is 12.7. The Morgan fingerprint density at radius 1 is 1.10 bits per heavy atom. The third-order valence-electron chi connectivity index (χ3n) is 5.67. The molecule has 2 aromatic rings. The van der Waals surface area contributed by atoms with Crippen LogP contribution in [-0.4, -0.2) is 31.7 Å². The van der Waals surface area contributed by atoms with Crippen molar-refractivity contribution >= 4 is 15.9 Å². The lowest BCUT2D eigenvalue weighted by Crippen LogP contribution is -2.43. The second kappa shape index (κ2) is 9.09. The predicted molar refractivity (Wildman–Crippen MR) is 116 cm³/mol. The standard InChI is InChI=1S/C23H30N2O3S/c1-17-9-10-18(2)22(15-17)19(3)24-23(26)21-11-13-25(14-12-21)29(27,28)16-20-7-5-4-6-8-20/h4-10,15,19,21H,11-14,16H2,1-3H3,(H,24,26)/t19-/m1/s1. The van der Waals surface area contributed by atoms with Crippen molar-refractivity contribution in [3.05, 3.63) is 70.8 Å². The van der Waals surface area contributed by atoms with Crippen LogP contribution in [-0.2, 0) is 20.6 Å². The second-order valence-corrected chi connectivity index (χ2v) is 9.97. The Hall–Kier alpha value is -2.18. The SMILES string of the molecule is Cc1ccc(C)c([C@@H](C)NC(=O)C2CCN(S(=O)(=O)Cc3ccccc3)CC2)c1. The average Bonchev–Trinajstić information content (AvgIpc) is 2.70. The molecule has 3 rings (SSSR count). The van der Waals surface area contributed by atoms with Gasteiger partial charge in [0.1, 0.15) is 0 Å². The highest BCUT2D eigenvalue weighted by Gasteiger charge is 2.31. The van der Waals surface area contributed by atoms with Gasteiger partial charge in [-0.05, 0) is 50.3 Å². The van der Waals surface area contributed by atoms with Crippen molar-refractivity contribution in [2.24, 2.45) is 5.92 Å². The van der Waals surface area contributed by atoms with Gasteiger partial charge in [0.15, 0.2) is 0 Å². The van der Waals surface area contributed by atoms with Crippen LogP contribution in [0.25, 0.3) is 0 Å². The van der Waals surface area contributed by atoms with E-state index in [4.69, 9.17) is 0 Å². The molecule has 29 heavy (non-hydrogen) atoms. The number of carbonyl (C=O) groups excluding carboxylic acids is 1. The number of nitrogens with one attached hydrogen (secondary N) is 1. The number of sulfonamides is 1. The monoisotopic (exact) mass is 414 g/mol. The van der Waals surface area contributed by atoms with Crippen LogP contribution in [0.1, 0.15) is 48.1 Å². The Morgan fingerprint density at radius 3 is 2.41 bits per heavy atom. The van der Waals surface area contributed by atoms with Gasteiger partial charge < -0.3 is 5.32 Å². The summed E-state index contributed by atoms with van der Waals surface area (Å²) in [5, 5.41) is 3.12. The molecular formula is C23H30N2O3S. The van der Waals surface area contributed by atoms with Crippen molar-refractivity contribution in [2.45, 2.75) is 45.4 Å². The van der Waals surface area contributed by atoms with E-state index in [1.807, 2.05) is 51.1 Å². The molecule has 1 aliphatic heterocycles. The molecule has 0 saturated carbocycles. The van der Waals surface area contributed by atoms with Gasteiger partial charge in [0, 0.05) is 19.0 Å². The van der Waals surface area contributed by atoms with Gasteiger partial charge in [0.25, 0.3) is 0 Å². The first kappa shape index (κ1) is 21.5. The lowest BCUT2D eigenvalue weighted by Gasteiger charge is -2.31. The van der Waals surface area contributed by atoms with E-state index in [9.17, 15) is 13.2 Å². The molecule has 1 saturated heterocycles. The van der Waals surface area contributed by atoms with Gasteiger partial charge in [-0.25, -0.2) is 12.7 Å². The summed E-state index contributed by atoms with van der Waals surface area (Å²) in [5.74, 6) is -0.127. The van der Waals surface area contributed by atoms with Gasteiger partial charge in [-0.3, -0.25) is 4.79 Å². The highest BCUT2D eigenvalue weighted by molar-refractivity contribution is 7.88. The van der Waals surface area contributed by atoms with Gasteiger partial charge in [-0.2, -0.15) is 0 Å². The minimum atomic E-state index is -3.36. The van der Waals surface area contributed by atoms with Crippen LogP contribution in [0.2, 0.25) is 0 Å². The zero-order valence-electron chi connectivity index (χ0n) is 17.4. The van der Waals surface area contributed by atoms with Crippen molar-refractivity contribution in [3.63, 3.8) is 0 Å². The van der Waals surface area contributed by atoms with Gasteiger partial charge in [0.05, 0.1) is 11.8 Å². The third-order valence-corrected chi connectivity index (χ3v) is 7.52. The first-order valence-corrected chi connectivity index (χ1v) is 11.8. The Morgan fingerprint density at radius 2 is 1.76 bits per heavy atom. The highest BCUT2D eigenvalue weighted by Crippen LogP contribution is 2.24. The van der Waals surface area contributed by atoms with Crippen LogP contribution in [0.4, 0.5) is 0 Å². The van der Waals surface area contributed by atoms with Crippen molar-refractivity contribution < 1.29 is 13.2 Å². The van der Waals surface area contributed by atoms with Crippen LogP contribution in [0.15, 0.2) is 48.5 Å². The molecule has 6 heteroatoms. The third kappa shape index (κ3) is 5.46. The van der Waals surface area contributed by atoms with Crippen molar-refractivity contribution in [3.8, 4) is 0 Å². The lowest BCUT2D eigenvalue weighted by molar-refractivity contribution is -0.126. The number of nitrogens with zero attached hydrogens (tertiary/aromatic N) is 1. The summed E-state index contributed by atoms with van der Waals surface area (Å²) in [7, 11) is -3.36. The number of piperidine rings is 1. The fourth-order valence-electron chi connectivity index (χ4n) is 3.91. The number of benzene rings is 2. The summed E-state index contributed by atoms with van der Waals surface area (Å²) in [4.78, 5) is 12.7. The van der Waals surface area contributed by atoms with Crippen LogP contribution < -0.4 is 5.32 Å². The van der Waals surface area contributed by atoms with Crippen LogP contribution in [0, 0.1) is 19.8 Å². The molecule has 1 amide bonds. The van der Waals surface area contributed by atoms with E-state index in [0.717, 1.165) is 16.7 Å². The van der Waals surface area contributed by atoms with Gasteiger partial charge in [-0.1, -0.05) is 54.1 Å². The van der Waals surface area contributed by atoms with Crippen molar-refractivity contribution in [1.82, 2.24) is 9.62 Å². The number of hydrogen-bond donors (Lipinski definition) is 1. The Kier molecular flexibility index (Phi) is 6.75. The Balaban J connectivity index is 1.56. The molecule has 0 bridgehead atoms. The summed E-state index contributed by atoms with van der Waals surface area (Å²) in [6.07, 6.45) is 1.11. The molecule has 156 valence electrons. The molecular weight excluding hydrogens is 384 g/mol. The van der Waals surface area contributed by atoms with Crippen molar-refractivity contribution in [2.75, 3.05) is 13.1 Å². The molecule has 0 aliphatic carbocycles. The molecule has 1 atom stereocenters. The normalized spacial score (nSPS) is 17.1. The van der Waals surface area contributed by atoms with Gasteiger partial charge in [-0.15, -0.1) is 0 Å². The summed E-state index contributed by atoms with van der Waals surface area (Å²) in [6.45, 7) is 6.88. The highest BCUT2D eigenvalue weighted by atomic mass is 32.2. The van der Waals surface area contributed by atoms with Gasteiger partial charge in [0.2, 0.25) is 15.9 Å². The minimum Gasteiger partial charge on any atom is -0.349 e. The topological polar surface area (TPSA) is 66.5 Å². The second-order valence-electron chi connectivity index (χ2n) is 8.01. The first-order valence-electron chi connectivity index (χ1n) is 10.2. The van der Waals surface area contributed by atoms with E-state index in [1.165, 1.54) is 9.87 Å². The number of hydrogen-bond acceptors (Lipinski definition) is 3. The molecule has 2 aromatic carbocycles. The van der Waals surface area contributed by atoms with E-state index in [2.05, 4.69) is 23.5 Å². The van der Waals surface area contributed by atoms with E-state index >= 15 is 0 Å². The maximum absolute atomic E-state index is 12.7. The minimum absolute atomic E-state index is 0.00831. The number of carbonyl (C=O) groups is 1. The molecule has 0 radical (unpaired) electrons. The zero-order valence-corrected chi connectivity index (χ0v) is 18.2. The molecule has 5 nitrogen and oxygen atoms in total.